The molecule has 6 nitrogen and oxygen atoms in total. The van der Waals surface area contributed by atoms with Crippen LogP contribution in [-0.4, -0.2) is 16.0 Å². The Hall–Kier alpha value is -3.66. The predicted octanol–water partition coefficient (Wildman–Crippen LogP) is 4.92. The molecule has 1 aliphatic heterocycles. The minimum absolute atomic E-state index is 0.0680. The Morgan fingerprint density at radius 3 is 2.23 bits per heavy atom. The van der Waals surface area contributed by atoms with Gasteiger partial charge in [0.15, 0.2) is 0 Å². The summed E-state index contributed by atoms with van der Waals surface area (Å²) in [7, 11) is 0. The number of hydrogen-bond donors (Lipinski definition) is 4. The van der Waals surface area contributed by atoms with Gasteiger partial charge in [0.05, 0.1) is 28.2 Å². The Kier molecular flexibility index (Phi) is 4.81. The van der Waals surface area contributed by atoms with Crippen molar-refractivity contribution >= 4 is 34.3 Å². The van der Waals surface area contributed by atoms with Gasteiger partial charge in [-0.2, -0.15) is 22.5 Å². The molecule has 4 N–H and O–H groups in total. The molecule has 2 heterocycles. The second-order valence-electron chi connectivity index (χ2n) is 7.48. The molecule has 4 rings (SSSR count). The van der Waals surface area contributed by atoms with Gasteiger partial charge in [-0.15, -0.1) is 0 Å². The van der Waals surface area contributed by atoms with Crippen molar-refractivity contribution in [3.63, 3.8) is 0 Å². The van der Waals surface area contributed by atoms with Crippen molar-refractivity contribution in [3.05, 3.63) is 71.1 Å². The van der Waals surface area contributed by atoms with Crippen LogP contribution in [0, 0.1) is 23.5 Å². The number of halogens is 4. The van der Waals surface area contributed by atoms with Crippen LogP contribution in [0.2, 0.25) is 0 Å². The highest BCUT2D eigenvalue weighted by Crippen LogP contribution is 2.37. The molecule has 1 amide bonds. The van der Waals surface area contributed by atoms with Gasteiger partial charge >= 0.3 is 0 Å². The van der Waals surface area contributed by atoms with Crippen LogP contribution in [0.4, 0.5) is 46.0 Å². The number of amides is 1. The molecule has 0 saturated heterocycles. The molecular formula is C21H16F4N4O2. The highest BCUT2D eigenvalue weighted by Gasteiger charge is 2.24. The standard InChI is InChI=1S/C21H16F4N4O2/c1-21(2,31)9-3-6-12-14(7-9)28-20(30)11-5-4-10(8-13(11)27-12)26-17-15(22)18(24)29-19(25)16(17)23/h3-8,27,31H,1-2H3,(H,26,29)(H,28,30). The summed E-state index contributed by atoms with van der Waals surface area (Å²) in [4.78, 5) is 15.1. The molecule has 1 aromatic heterocycles. The summed E-state index contributed by atoms with van der Waals surface area (Å²) < 4.78 is 54.6. The zero-order valence-electron chi connectivity index (χ0n) is 16.3. The fourth-order valence-corrected chi connectivity index (χ4v) is 3.14. The van der Waals surface area contributed by atoms with Gasteiger partial charge in [0.2, 0.25) is 11.6 Å². The van der Waals surface area contributed by atoms with Crippen LogP contribution in [0.25, 0.3) is 0 Å². The van der Waals surface area contributed by atoms with E-state index in [1.807, 2.05) is 0 Å². The number of nitrogens with zero attached hydrogens (tertiary/aromatic N) is 1. The Labute approximate surface area is 173 Å². The average molecular weight is 432 g/mol. The number of carbonyl (C=O) groups is 1. The molecule has 0 saturated carbocycles. The van der Waals surface area contributed by atoms with E-state index in [9.17, 15) is 27.5 Å². The first-order valence-electron chi connectivity index (χ1n) is 9.11. The van der Waals surface area contributed by atoms with Crippen molar-refractivity contribution in [2.75, 3.05) is 16.0 Å². The first-order valence-corrected chi connectivity index (χ1v) is 9.11. The molecule has 160 valence electrons. The van der Waals surface area contributed by atoms with E-state index in [1.54, 1.807) is 32.0 Å². The quantitative estimate of drug-likeness (QED) is 0.349. The second kappa shape index (κ2) is 7.24. The zero-order chi connectivity index (χ0) is 22.5. The first kappa shape index (κ1) is 20.6. The van der Waals surface area contributed by atoms with E-state index in [-0.39, 0.29) is 16.9 Å². The first-order chi connectivity index (χ1) is 14.5. The topological polar surface area (TPSA) is 86.3 Å². The lowest BCUT2D eigenvalue weighted by atomic mass is 9.97. The average Bonchev–Trinajstić information content (AvgIpc) is 2.83. The predicted molar refractivity (Wildman–Crippen MR) is 107 cm³/mol. The van der Waals surface area contributed by atoms with Crippen molar-refractivity contribution in [1.29, 1.82) is 0 Å². The molecule has 0 radical (unpaired) electrons. The number of rotatable bonds is 3. The number of nitrogens with one attached hydrogen (secondary N) is 3. The number of hydrogen-bond acceptors (Lipinski definition) is 5. The second-order valence-corrected chi connectivity index (χ2v) is 7.48. The summed E-state index contributed by atoms with van der Waals surface area (Å²) >= 11 is 0. The molecule has 31 heavy (non-hydrogen) atoms. The minimum Gasteiger partial charge on any atom is -0.386 e. The lowest BCUT2D eigenvalue weighted by molar-refractivity contribution is 0.0786. The van der Waals surface area contributed by atoms with Crippen molar-refractivity contribution in [2.24, 2.45) is 0 Å². The summed E-state index contributed by atoms with van der Waals surface area (Å²) in [5.74, 6) is -7.39. The maximum Gasteiger partial charge on any atom is 0.257 e. The van der Waals surface area contributed by atoms with Gasteiger partial charge in [-0.3, -0.25) is 4.79 Å². The summed E-state index contributed by atoms with van der Waals surface area (Å²) in [6.45, 7) is 3.22. The van der Waals surface area contributed by atoms with E-state index in [0.29, 0.717) is 16.9 Å². The normalized spacial score (nSPS) is 12.9. The van der Waals surface area contributed by atoms with Crippen LogP contribution < -0.4 is 16.0 Å². The third-order valence-electron chi connectivity index (χ3n) is 4.77. The highest BCUT2D eigenvalue weighted by atomic mass is 19.2. The van der Waals surface area contributed by atoms with Crippen LogP contribution >= 0.6 is 0 Å². The van der Waals surface area contributed by atoms with Gasteiger partial charge in [0.25, 0.3) is 17.8 Å². The third-order valence-corrected chi connectivity index (χ3v) is 4.77. The maximum absolute atomic E-state index is 13.9. The van der Waals surface area contributed by atoms with Gasteiger partial charge in [-0.1, -0.05) is 6.07 Å². The Balaban J connectivity index is 1.72. The van der Waals surface area contributed by atoms with Crippen LogP contribution in [0.5, 0.6) is 0 Å². The van der Waals surface area contributed by atoms with E-state index >= 15 is 0 Å². The highest BCUT2D eigenvalue weighted by molar-refractivity contribution is 6.12. The van der Waals surface area contributed by atoms with E-state index < -0.39 is 40.7 Å². The van der Waals surface area contributed by atoms with Gasteiger partial charge in [0.1, 0.15) is 5.69 Å². The molecule has 0 fully saturated rings. The van der Waals surface area contributed by atoms with Crippen LogP contribution in [0.15, 0.2) is 36.4 Å². The van der Waals surface area contributed by atoms with E-state index in [0.717, 1.165) is 0 Å². The number of aromatic nitrogens is 1. The SMILES string of the molecule is CC(C)(O)c1ccc2c(c1)NC(=O)c1ccc(Nc3c(F)c(F)nc(F)c3F)cc1N2. The number of pyridine rings is 1. The fraction of sp³-hybridized carbons (Fsp3) is 0.143. The molecule has 0 bridgehead atoms. The Bertz CT molecular complexity index is 1200. The minimum atomic E-state index is -1.79. The van der Waals surface area contributed by atoms with Gasteiger partial charge in [0, 0.05) is 5.69 Å². The maximum atomic E-state index is 13.9. The molecule has 10 heteroatoms. The number of carbonyl (C=O) groups excluding carboxylic acids is 1. The van der Waals surface area contributed by atoms with Gasteiger partial charge in [-0.25, -0.2) is 0 Å². The van der Waals surface area contributed by atoms with Crippen molar-refractivity contribution in [1.82, 2.24) is 4.98 Å². The summed E-state index contributed by atoms with van der Waals surface area (Å²) in [5.41, 5.74) is -0.0841. The molecule has 0 atom stereocenters. The molecule has 2 aromatic carbocycles. The van der Waals surface area contributed by atoms with Crippen molar-refractivity contribution < 1.29 is 27.5 Å². The Morgan fingerprint density at radius 1 is 0.903 bits per heavy atom. The third kappa shape index (κ3) is 3.77. The number of fused-ring (bicyclic) bond motifs is 2. The van der Waals surface area contributed by atoms with Crippen molar-refractivity contribution in [2.45, 2.75) is 19.4 Å². The fourth-order valence-electron chi connectivity index (χ4n) is 3.14. The van der Waals surface area contributed by atoms with Crippen molar-refractivity contribution in [3.8, 4) is 0 Å². The van der Waals surface area contributed by atoms with Gasteiger partial charge < -0.3 is 21.1 Å². The molecule has 0 aliphatic carbocycles. The van der Waals surface area contributed by atoms with Gasteiger partial charge in [-0.05, 0) is 49.7 Å². The lowest BCUT2D eigenvalue weighted by Gasteiger charge is -2.20. The van der Waals surface area contributed by atoms with E-state index in [1.165, 1.54) is 18.2 Å². The van der Waals surface area contributed by atoms with E-state index in [4.69, 9.17) is 0 Å². The van der Waals surface area contributed by atoms with Crippen LogP contribution in [0.1, 0.15) is 29.8 Å². The summed E-state index contributed by atoms with van der Waals surface area (Å²) in [5, 5.41) is 18.3. The lowest BCUT2D eigenvalue weighted by Crippen LogP contribution is -2.16. The summed E-state index contributed by atoms with van der Waals surface area (Å²) in [6.07, 6.45) is 0. The molecular weight excluding hydrogens is 416 g/mol. The zero-order valence-corrected chi connectivity index (χ0v) is 16.3. The molecule has 0 spiro atoms. The molecule has 3 aromatic rings. The van der Waals surface area contributed by atoms with E-state index in [2.05, 4.69) is 20.9 Å². The number of benzene rings is 2. The molecule has 1 aliphatic rings. The monoisotopic (exact) mass is 432 g/mol. The number of anilines is 5. The summed E-state index contributed by atoms with van der Waals surface area (Å²) in [6, 6.07) is 9.03. The smallest absolute Gasteiger partial charge is 0.257 e. The van der Waals surface area contributed by atoms with Crippen LogP contribution in [-0.2, 0) is 5.60 Å². The van der Waals surface area contributed by atoms with Crippen LogP contribution in [0.3, 0.4) is 0 Å². The molecule has 0 unspecified atom stereocenters. The largest absolute Gasteiger partial charge is 0.386 e. The number of aliphatic hydroxyl groups is 1. The Morgan fingerprint density at radius 2 is 1.58 bits per heavy atom.